The largest absolute Gasteiger partial charge is 0.495 e. The quantitative estimate of drug-likeness (QED) is 0.664. The minimum Gasteiger partial charge on any atom is -0.495 e. The minimum atomic E-state index is -3.80. The first-order valence-electron chi connectivity index (χ1n) is 8.67. The number of hydrogen-bond acceptors (Lipinski definition) is 5. The highest BCUT2D eigenvalue weighted by Gasteiger charge is 2.16. The Hall–Kier alpha value is -2.45. The molecule has 2 aromatic carbocycles. The third-order valence-corrected chi connectivity index (χ3v) is 5.71. The van der Waals surface area contributed by atoms with E-state index in [2.05, 4.69) is 4.72 Å². The van der Waals surface area contributed by atoms with Gasteiger partial charge < -0.3 is 14.4 Å². The van der Waals surface area contributed by atoms with Crippen molar-refractivity contribution in [2.24, 2.45) is 0 Å². The van der Waals surface area contributed by atoms with Gasteiger partial charge in [0, 0.05) is 13.1 Å². The van der Waals surface area contributed by atoms with E-state index in [1.54, 1.807) is 17.0 Å². The van der Waals surface area contributed by atoms with Crippen LogP contribution in [0.5, 0.6) is 11.5 Å². The summed E-state index contributed by atoms with van der Waals surface area (Å²) in [6, 6.07) is 10.4. The Morgan fingerprint density at radius 2 is 1.75 bits per heavy atom. The number of nitrogens with one attached hydrogen (secondary N) is 1. The Labute approximate surface area is 170 Å². The average Bonchev–Trinajstić information content (AvgIpc) is 2.67. The molecule has 7 nitrogen and oxygen atoms in total. The molecule has 1 N–H and O–H groups in total. The summed E-state index contributed by atoms with van der Waals surface area (Å²) in [4.78, 5) is 13.7. The number of likely N-dealkylation sites (N-methyl/N-ethyl adjacent to an activating group) is 1. The summed E-state index contributed by atoms with van der Waals surface area (Å²) in [5.74, 6) is 0.733. The van der Waals surface area contributed by atoms with Crippen molar-refractivity contribution in [1.29, 1.82) is 0 Å². The number of benzene rings is 2. The molecule has 0 spiro atoms. The summed E-state index contributed by atoms with van der Waals surface area (Å²) >= 11 is 6.02. The molecule has 28 heavy (non-hydrogen) atoms. The van der Waals surface area contributed by atoms with Gasteiger partial charge in [0.1, 0.15) is 11.5 Å². The summed E-state index contributed by atoms with van der Waals surface area (Å²) in [6.45, 7) is 4.90. The van der Waals surface area contributed by atoms with E-state index in [4.69, 9.17) is 21.1 Å². The molecule has 0 unspecified atom stereocenters. The number of amides is 1. The number of carbonyl (C=O) groups excluding carboxylic acids is 1. The topological polar surface area (TPSA) is 84.9 Å². The summed E-state index contributed by atoms with van der Waals surface area (Å²) in [6.07, 6.45) is 0. The molecule has 0 aliphatic carbocycles. The molecular weight excluding hydrogens is 404 g/mol. The number of carbonyl (C=O) groups is 1. The number of ether oxygens (including phenoxy) is 2. The minimum absolute atomic E-state index is 0.0573. The van der Waals surface area contributed by atoms with Crippen LogP contribution < -0.4 is 14.2 Å². The van der Waals surface area contributed by atoms with E-state index in [1.165, 1.54) is 37.4 Å². The van der Waals surface area contributed by atoms with Crippen LogP contribution in [-0.2, 0) is 14.8 Å². The molecule has 1 amide bonds. The maximum Gasteiger partial charge on any atom is 0.261 e. The zero-order valence-electron chi connectivity index (χ0n) is 15.9. The molecule has 0 fully saturated rings. The Bertz CT molecular complexity index is 912. The van der Waals surface area contributed by atoms with Gasteiger partial charge >= 0.3 is 0 Å². The lowest BCUT2D eigenvalue weighted by molar-refractivity contribution is -0.132. The number of methoxy groups -OCH3 is 1. The van der Waals surface area contributed by atoms with Gasteiger partial charge in [0.2, 0.25) is 0 Å². The molecule has 0 atom stereocenters. The van der Waals surface area contributed by atoms with Gasteiger partial charge in [-0.05, 0) is 56.3 Å². The second-order valence-corrected chi connectivity index (χ2v) is 7.87. The lowest BCUT2D eigenvalue weighted by atomic mass is 10.3. The molecule has 0 radical (unpaired) electrons. The molecule has 0 bridgehead atoms. The van der Waals surface area contributed by atoms with Gasteiger partial charge in [-0.3, -0.25) is 9.52 Å². The molecular formula is C19H23ClN2O5S. The predicted molar refractivity (Wildman–Crippen MR) is 109 cm³/mol. The van der Waals surface area contributed by atoms with Crippen LogP contribution in [0.2, 0.25) is 5.02 Å². The zero-order chi connectivity index (χ0) is 20.7. The standard InChI is InChI=1S/C19H23ClN2O5S/c1-4-22(5-2)19(23)13-27-15-7-9-16(10-8-15)28(24,25)21-14-6-11-18(26-3)17(20)12-14/h6-12,21H,4-5,13H2,1-3H3. The number of halogens is 1. The summed E-state index contributed by atoms with van der Waals surface area (Å²) in [5.41, 5.74) is 0.316. The second-order valence-electron chi connectivity index (χ2n) is 5.78. The van der Waals surface area contributed by atoms with Crippen LogP contribution in [0.15, 0.2) is 47.4 Å². The van der Waals surface area contributed by atoms with Crippen LogP contribution in [-0.4, -0.2) is 46.0 Å². The fourth-order valence-electron chi connectivity index (χ4n) is 2.47. The van der Waals surface area contributed by atoms with Gasteiger partial charge in [-0.15, -0.1) is 0 Å². The molecule has 152 valence electrons. The van der Waals surface area contributed by atoms with Gasteiger partial charge in [0.05, 0.1) is 22.7 Å². The highest BCUT2D eigenvalue weighted by Crippen LogP contribution is 2.28. The monoisotopic (exact) mass is 426 g/mol. The molecule has 0 saturated carbocycles. The van der Waals surface area contributed by atoms with Gasteiger partial charge in [0.25, 0.3) is 15.9 Å². The maximum atomic E-state index is 12.5. The number of sulfonamides is 1. The van der Waals surface area contributed by atoms with E-state index in [-0.39, 0.29) is 17.4 Å². The van der Waals surface area contributed by atoms with E-state index in [9.17, 15) is 13.2 Å². The number of rotatable bonds is 9. The Morgan fingerprint density at radius 1 is 1.11 bits per heavy atom. The smallest absolute Gasteiger partial charge is 0.261 e. The van der Waals surface area contributed by atoms with Gasteiger partial charge in [0.15, 0.2) is 6.61 Å². The van der Waals surface area contributed by atoms with Crippen molar-refractivity contribution in [3.05, 3.63) is 47.5 Å². The van der Waals surface area contributed by atoms with Crippen molar-refractivity contribution in [1.82, 2.24) is 4.90 Å². The molecule has 2 aromatic rings. The van der Waals surface area contributed by atoms with Crippen LogP contribution in [0, 0.1) is 0 Å². The van der Waals surface area contributed by atoms with E-state index in [1.807, 2.05) is 13.8 Å². The van der Waals surface area contributed by atoms with Crippen molar-refractivity contribution < 1.29 is 22.7 Å². The third kappa shape index (κ3) is 5.53. The Kier molecular flexibility index (Phi) is 7.53. The number of nitrogens with zero attached hydrogens (tertiary/aromatic N) is 1. The van der Waals surface area contributed by atoms with Crippen LogP contribution in [0.1, 0.15) is 13.8 Å². The molecule has 0 aromatic heterocycles. The molecule has 0 heterocycles. The van der Waals surface area contributed by atoms with E-state index >= 15 is 0 Å². The van der Waals surface area contributed by atoms with E-state index in [0.29, 0.717) is 35.3 Å². The van der Waals surface area contributed by atoms with Crippen LogP contribution >= 0.6 is 11.6 Å². The Balaban J connectivity index is 2.05. The average molecular weight is 427 g/mol. The second kappa shape index (κ2) is 9.66. The van der Waals surface area contributed by atoms with Crippen LogP contribution in [0.25, 0.3) is 0 Å². The predicted octanol–water partition coefficient (Wildman–Crippen LogP) is 3.40. The molecule has 0 aliphatic heterocycles. The van der Waals surface area contributed by atoms with Crippen molar-refractivity contribution in [3.8, 4) is 11.5 Å². The maximum absolute atomic E-state index is 12.5. The van der Waals surface area contributed by atoms with Crippen LogP contribution in [0.4, 0.5) is 5.69 Å². The fourth-order valence-corrected chi connectivity index (χ4v) is 3.78. The molecule has 0 saturated heterocycles. The first-order chi connectivity index (χ1) is 13.3. The van der Waals surface area contributed by atoms with Gasteiger partial charge in [-0.1, -0.05) is 11.6 Å². The number of anilines is 1. The Morgan fingerprint density at radius 3 is 2.29 bits per heavy atom. The van der Waals surface area contributed by atoms with Gasteiger partial charge in [-0.2, -0.15) is 0 Å². The first-order valence-corrected chi connectivity index (χ1v) is 10.5. The van der Waals surface area contributed by atoms with Crippen molar-refractivity contribution in [2.75, 3.05) is 31.5 Å². The lowest BCUT2D eigenvalue weighted by Crippen LogP contribution is -2.34. The lowest BCUT2D eigenvalue weighted by Gasteiger charge is -2.18. The van der Waals surface area contributed by atoms with Crippen molar-refractivity contribution in [2.45, 2.75) is 18.7 Å². The van der Waals surface area contributed by atoms with Crippen molar-refractivity contribution in [3.63, 3.8) is 0 Å². The first kappa shape index (κ1) is 21.8. The third-order valence-electron chi connectivity index (χ3n) is 4.02. The van der Waals surface area contributed by atoms with Crippen LogP contribution in [0.3, 0.4) is 0 Å². The highest BCUT2D eigenvalue weighted by molar-refractivity contribution is 7.92. The van der Waals surface area contributed by atoms with Gasteiger partial charge in [-0.25, -0.2) is 8.42 Å². The summed E-state index contributed by atoms with van der Waals surface area (Å²) in [5, 5.41) is 0.296. The SMILES string of the molecule is CCN(CC)C(=O)COc1ccc(S(=O)(=O)Nc2ccc(OC)c(Cl)c2)cc1. The zero-order valence-corrected chi connectivity index (χ0v) is 17.5. The van der Waals surface area contributed by atoms with Crippen molar-refractivity contribution >= 4 is 33.2 Å². The number of hydrogen-bond donors (Lipinski definition) is 1. The normalized spacial score (nSPS) is 11.0. The molecule has 0 aliphatic rings. The summed E-state index contributed by atoms with van der Waals surface area (Å²) < 4.78 is 38.0. The van der Waals surface area contributed by atoms with E-state index in [0.717, 1.165) is 0 Å². The molecule has 9 heteroatoms. The highest BCUT2D eigenvalue weighted by atomic mass is 35.5. The summed E-state index contributed by atoms with van der Waals surface area (Å²) in [7, 11) is -2.32. The molecule has 2 rings (SSSR count). The fraction of sp³-hybridized carbons (Fsp3) is 0.316. The van der Waals surface area contributed by atoms with E-state index < -0.39 is 10.0 Å².